The van der Waals surface area contributed by atoms with Crippen LogP contribution < -0.4 is 14.4 Å². The standard InChI is InChI=1S/C25H21ClF3N3O2S/c26-22-12-11-20(14-30-22)35(33)32(15-16-5-9-19(10-6-16)34-25(27,28)29)24-23(17-7-8-17)21-4-2-1-3-18(21)13-31-24/h1-6,9-14,17,22,30H,7-8,15H2. The summed E-state index contributed by atoms with van der Waals surface area (Å²) in [7, 11) is -1.66. The van der Waals surface area contributed by atoms with Gasteiger partial charge < -0.3 is 10.1 Å². The van der Waals surface area contributed by atoms with Gasteiger partial charge in [-0.15, -0.1) is 13.2 Å². The van der Waals surface area contributed by atoms with E-state index in [1.807, 2.05) is 24.3 Å². The lowest BCUT2D eigenvalue weighted by molar-refractivity contribution is -0.274. The highest BCUT2D eigenvalue weighted by Gasteiger charge is 2.33. The van der Waals surface area contributed by atoms with Gasteiger partial charge in [-0.2, -0.15) is 0 Å². The second-order valence-corrected chi connectivity index (χ2v) is 10.2. The topological polar surface area (TPSA) is 54.5 Å². The van der Waals surface area contributed by atoms with Gasteiger partial charge in [-0.3, -0.25) is 4.31 Å². The van der Waals surface area contributed by atoms with Crippen LogP contribution in [-0.4, -0.2) is 21.1 Å². The van der Waals surface area contributed by atoms with Crippen LogP contribution in [0.15, 0.2) is 78.0 Å². The number of alkyl halides is 4. The number of pyridine rings is 1. The van der Waals surface area contributed by atoms with E-state index in [0.717, 1.165) is 29.2 Å². The molecular formula is C25H21ClF3N3O2S. The van der Waals surface area contributed by atoms with Gasteiger partial charge in [0.15, 0.2) is 11.0 Å². The fourth-order valence-electron chi connectivity index (χ4n) is 4.00. The van der Waals surface area contributed by atoms with Gasteiger partial charge >= 0.3 is 6.36 Å². The third-order valence-corrected chi connectivity index (χ3v) is 7.37. The Labute approximate surface area is 207 Å². The second kappa shape index (κ2) is 9.54. The summed E-state index contributed by atoms with van der Waals surface area (Å²) in [6.07, 6.45) is 4.05. The van der Waals surface area contributed by atoms with Crippen LogP contribution in [0.2, 0.25) is 0 Å². The van der Waals surface area contributed by atoms with E-state index in [1.165, 1.54) is 24.3 Å². The summed E-state index contributed by atoms with van der Waals surface area (Å²) < 4.78 is 57.2. The molecule has 2 aliphatic rings. The maximum absolute atomic E-state index is 13.8. The van der Waals surface area contributed by atoms with E-state index in [2.05, 4.69) is 10.1 Å². The van der Waals surface area contributed by atoms with E-state index >= 15 is 0 Å². The maximum Gasteiger partial charge on any atom is 0.573 e. The van der Waals surface area contributed by atoms with Gasteiger partial charge in [0.25, 0.3) is 0 Å². The molecule has 1 aliphatic heterocycles. The molecular weight excluding hydrogens is 499 g/mol. The van der Waals surface area contributed by atoms with Gasteiger partial charge in [0.05, 0.1) is 11.4 Å². The monoisotopic (exact) mass is 519 g/mol. The van der Waals surface area contributed by atoms with Crippen molar-refractivity contribution >= 4 is 39.2 Å². The summed E-state index contributed by atoms with van der Waals surface area (Å²) in [6.45, 7) is 0.166. The predicted molar refractivity (Wildman–Crippen MR) is 131 cm³/mol. The van der Waals surface area contributed by atoms with Crippen molar-refractivity contribution in [3.05, 3.63) is 89.1 Å². The Morgan fingerprint density at radius 1 is 1.14 bits per heavy atom. The largest absolute Gasteiger partial charge is 0.573 e. The van der Waals surface area contributed by atoms with Gasteiger partial charge in [0.1, 0.15) is 17.1 Å². The second-order valence-electron chi connectivity index (χ2n) is 8.31. The van der Waals surface area contributed by atoms with E-state index in [9.17, 15) is 17.4 Å². The van der Waals surface area contributed by atoms with E-state index < -0.39 is 22.8 Å². The Kier molecular flexibility index (Phi) is 6.46. The average Bonchev–Trinajstić information content (AvgIpc) is 3.67. The molecule has 3 aromatic rings. The zero-order valence-corrected chi connectivity index (χ0v) is 19.9. The minimum absolute atomic E-state index is 0.166. The summed E-state index contributed by atoms with van der Waals surface area (Å²) >= 11 is 6.05. The molecule has 5 nitrogen and oxygen atoms in total. The van der Waals surface area contributed by atoms with E-state index in [1.54, 1.807) is 28.9 Å². The number of rotatable bonds is 7. The number of ether oxygens (including phenoxy) is 1. The van der Waals surface area contributed by atoms with Crippen molar-refractivity contribution in [1.29, 1.82) is 0 Å². The molecule has 0 saturated heterocycles. The Morgan fingerprint density at radius 3 is 2.54 bits per heavy atom. The number of benzene rings is 2. The summed E-state index contributed by atoms with van der Waals surface area (Å²) in [5.41, 5.74) is 1.30. The lowest BCUT2D eigenvalue weighted by Gasteiger charge is -2.27. The summed E-state index contributed by atoms with van der Waals surface area (Å²) in [6, 6.07) is 13.5. The molecule has 1 N–H and O–H groups in total. The zero-order valence-electron chi connectivity index (χ0n) is 18.3. The number of dihydropyridines is 1. The number of fused-ring (bicyclic) bond motifs is 1. The maximum atomic E-state index is 13.8. The number of halogens is 4. The van der Waals surface area contributed by atoms with Gasteiger partial charge in [-0.1, -0.05) is 48.0 Å². The number of allylic oxidation sites excluding steroid dienone is 1. The third-order valence-electron chi connectivity index (χ3n) is 5.74. The molecule has 0 radical (unpaired) electrons. The first-order valence-electron chi connectivity index (χ1n) is 11.0. The fraction of sp³-hybridized carbons (Fsp3) is 0.240. The molecule has 1 aromatic heterocycles. The predicted octanol–water partition coefficient (Wildman–Crippen LogP) is 6.25. The molecule has 5 rings (SSSR count). The summed E-state index contributed by atoms with van der Waals surface area (Å²) in [4.78, 5) is 5.23. The molecule has 0 bridgehead atoms. The lowest BCUT2D eigenvalue weighted by Crippen LogP contribution is -2.30. The van der Waals surface area contributed by atoms with Crippen LogP contribution in [0.5, 0.6) is 5.75 Å². The minimum Gasteiger partial charge on any atom is -0.406 e. The molecule has 35 heavy (non-hydrogen) atoms. The van der Waals surface area contributed by atoms with Crippen molar-refractivity contribution in [3.8, 4) is 5.75 Å². The normalized spacial score (nSPS) is 18.6. The first-order valence-corrected chi connectivity index (χ1v) is 12.5. The van der Waals surface area contributed by atoms with Crippen LogP contribution >= 0.6 is 11.6 Å². The van der Waals surface area contributed by atoms with Gasteiger partial charge in [-0.05, 0) is 54.0 Å². The van der Waals surface area contributed by atoms with Crippen molar-refractivity contribution in [1.82, 2.24) is 10.3 Å². The Balaban J connectivity index is 1.54. The van der Waals surface area contributed by atoms with Crippen LogP contribution in [0, 0.1) is 0 Å². The number of hydrogen-bond donors (Lipinski definition) is 1. The number of hydrogen-bond acceptors (Lipinski definition) is 4. The highest BCUT2D eigenvalue weighted by atomic mass is 35.5. The van der Waals surface area contributed by atoms with Crippen molar-refractivity contribution in [2.75, 3.05) is 4.31 Å². The number of aromatic nitrogens is 1. The van der Waals surface area contributed by atoms with E-state index in [4.69, 9.17) is 16.6 Å². The fourth-order valence-corrected chi connectivity index (χ4v) is 5.33. The molecule has 10 heteroatoms. The highest BCUT2D eigenvalue weighted by molar-refractivity contribution is 7.90. The van der Waals surface area contributed by atoms with Gasteiger partial charge in [0.2, 0.25) is 0 Å². The Hall–Kier alpha value is -3.04. The van der Waals surface area contributed by atoms with Gasteiger partial charge in [0, 0.05) is 23.3 Å². The van der Waals surface area contributed by atoms with Crippen LogP contribution in [0.4, 0.5) is 19.0 Å². The number of nitrogens with one attached hydrogen (secondary N) is 1. The van der Waals surface area contributed by atoms with Crippen molar-refractivity contribution in [2.24, 2.45) is 0 Å². The number of anilines is 1. The molecule has 2 atom stereocenters. The summed E-state index contributed by atoms with van der Waals surface area (Å²) in [5.74, 6) is 0.598. The lowest BCUT2D eigenvalue weighted by atomic mass is 10.0. The van der Waals surface area contributed by atoms with Crippen LogP contribution in [0.25, 0.3) is 10.8 Å². The zero-order chi connectivity index (χ0) is 24.6. The summed E-state index contributed by atoms with van der Waals surface area (Å²) in [5, 5.41) is 5.00. The SMILES string of the molecule is O=S(C1=CNC(Cl)C=C1)N(Cc1ccc(OC(F)(F)F)cc1)c1ncc2ccccc2c1C1CC1. The number of nitrogens with zero attached hydrogens (tertiary/aromatic N) is 2. The quantitative estimate of drug-likeness (QED) is 0.296. The van der Waals surface area contributed by atoms with Crippen molar-refractivity contribution < 1.29 is 22.1 Å². The molecule has 2 aromatic carbocycles. The highest BCUT2D eigenvalue weighted by Crippen LogP contribution is 2.47. The molecule has 0 spiro atoms. The first-order chi connectivity index (χ1) is 16.8. The van der Waals surface area contributed by atoms with Crippen molar-refractivity contribution in [2.45, 2.75) is 37.2 Å². The van der Waals surface area contributed by atoms with E-state index in [0.29, 0.717) is 22.2 Å². The van der Waals surface area contributed by atoms with Crippen molar-refractivity contribution in [3.63, 3.8) is 0 Å². The molecule has 1 aliphatic carbocycles. The Bertz CT molecular complexity index is 1320. The van der Waals surface area contributed by atoms with Crippen LogP contribution in [0.1, 0.15) is 29.9 Å². The van der Waals surface area contributed by atoms with E-state index in [-0.39, 0.29) is 12.3 Å². The Morgan fingerprint density at radius 2 is 1.89 bits per heavy atom. The van der Waals surface area contributed by atoms with Crippen LogP contribution in [-0.2, 0) is 17.5 Å². The minimum atomic E-state index is -4.77. The average molecular weight is 520 g/mol. The van der Waals surface area contributed by atoms with Gasteiger partial charge in [-0.25, -0.2) is 9.19 Å². The third kappa shape index (κ3) is 5.46. The molecule has 0 amide bonds. The molecule has 182 valence electrons. The molecule has 2 heterocycles. The first kappa shape index (κ1) is 23.7. The smallest absolute Gasteiger partial charge is 0.406 e. The molecule has 1 saturated carbocycles. The molecule has 2 unspecified atom stereocenters. The van der Waals surface area contributed by atoms with Crippen LogP contribution in [0.3, 0.4) is 0 Å². The molecule has 1 fully saturated rings.